The summed E-state index contributed by atoms with van der Waals surface area (Å²) in [5, 5.41) is 7.16. The molecule has 0 aliphatic heterocycles. The molecule has 0 amide bonds. The molecule has 4 heteroatoms. The van der Waals surface area contributed by atoms with E-state index in [-0.39, 0.29) is 0 Å². The smallest absolute Gasteiger partial charge is 0.240 e. The number of hydrogen-bond donors (Lipinski definition) is 1. The van der Waals surface area contributed by atoms with E-state index in [1.807, 2.05) is 6.92 Å². The molecule has 14 heavy (non-hydrogen) atoms. The standard InChI is InChI=1S/C10H17N3O/c1-7(10(3)4-5-10)11-6-9-12-8(2)13-14-9/h7,11H,4-6H2,1-3H3. The summed E-state index contributed by atoms with van der Waals surface area (Å²) < 4.78 is 5.02. The van der Waals surface area contributed by atoms with Gasteiger partial charge >= 0.3 is 0 Å². The average Bonchev–Trinajstić information content (AvgIpc) is 2.76. The molecule has 4 nitrogen and oxygen atoms in total. The number of rotatable bonds is 4. The van der Waals surface area contributed by atoms with Gasteiger partial charge in [0.1, 0.15) is 0 Å². The third kappa shape index (κ3) is 1.95. The molecule has 1 aromatic rings. The van der Waals surface area contributed by atoms with Gasteiger partial charge in [-0.3, -0.25) is 0 Å². The highest BCUT2D eigenvalue weighted by Crippen LogP contribution is 2.47. The largest absolute Gasteiger partial charge is 0.338 e. The van der Waals surface area contributed by atoms with Gasteiger partial charge in [0.2, 0.25) is 5.89 Å². The van der Waals surface area contributed by atoms with Gasteiger partial charge in [-0.05, 0) is 32.1 Å². The minimum atomic E-state index is 0.495. The Balaban J connectivity index is 1.82. The Morgan fingerprint density at radius 1 is 1.57 bits per heavy atom. The molecular weight excluding hydrogens is 178 g/mol. The topological polar surface area (TPSA) is 51.0 Å². The summed E-state index contributed by atoms with van der Waals surface area (Å²) in [6.07, 6.45) is 2.65. The van der Waals surface area contributed by atoms with Crippen molar-refractivity contribution in [3.63, 3.8) is 0 Å². The van der Waals surface area contributed by atoms with Gasteiger partial charge in [-0.2, -0.15) is 4.98 Å². The molecule has 1 saturated carbocycles. The Kier molecular flexibility index (Phi) is 2.31. The first kappa shape index (κ1) is 9.65. The maximum Gasteiger partial charge on any atom is 0.240 e. The van der Waals surface area contributed by atoms with Gasteiger partial charge in [0.05, 0.1) is 6.54 Å². The summed E-state index contributed by atoms with van der Waals surface area (Å²) in [5.41, 5.74) is 0.495. The Hall–Kier alpha value is -0.900. The summed E-state index contributed by atoms with van der Waals surface area (Å²) in [5.74, 6) is 1.38. The van der Waals surface area contributed by atoms with Crippen LogP contribution in [0.15, 0.2) is 4.52 Å². The molecule has 1 aliphatic carbocycles. The minimum absolute atomic E-state index is 0.495. The summed E-state index contributed by atoms with van der Waals surface area (Å²) in [7, 11) is 0. The van der Waals surface area contributed by atoms with Crippen LogP contribution >= 0.6 is 0 Å². The Morgan fingerprint density at radius 3 is 2.79 bits per heavy atom. The second-order valence-electron chi connectivity index (χ2n) is 4.49. The zero-order valence-corrected chi connectivity index (χ0v) is 9.00. The van der Waals surface area contributed by atoms with Gasteiger partial charge < -0.3 is 9.84 Å². The van der Waals surface area contributed by atoms with Gasteiger partial charge in [-0.25, -0.2) is 0 Å². The normalized spacial score (nSPS) is 20.8. The quantitative estimate of drug-likeness (QED) is 0.793. The molecule has 0 spiro atoms. The van der Waals surface area contributed by atoms with Crippen molar-refractivity contribution in [2.45, 2.75) is 46.2 Å². The summed E-state index contributed by atoms with van der Waals surface area (Å²) in [6.45, 7) is 7.04. The fourth-order valence-electron chi connectivity index (χ4n) is 1.53. The second kappa shape index (κ2) is 3.35. The van der Waals surface area contributed by atoms with Gasteiger partial charge in [-0.1, -0.05) is 12.1 Å². The molecule has 0 radical (unpaired) electrons. The van der Waals surface area contributed by atoms with Crippen LogP contribution in [-0.2, 0) is 6.54 Å². The predicted molar refractivity (Wildman–Crippen MR) is 52.7 cm³/mol. The molecule has 2 rings (SSSR count). The third-order valence-electron chi connectivity index (χ3n) is 3.21. The summed E-state index contributed by atoms with van der Waals surface area (Å²) in [4.78, 5) is 4.14. The lowest BCUT2D eigenvalue weighted by molar-refractivity contribution is 0.327. The van der Waals surface area contributed by atoms with Crippen LogP contribution in [0.25, 0.3) is 0 Å². The lowest BCUT2D eigenvalue weighted by Crippen LogP contribution is -2.32. The van der Waals surface area contributed by atoms with Crippen molar-refractivity contribution >= 4 is 0 Å². The van der Waals surface area contributed by atoms with Crippen LogP contribution in [0, 0.1) is 12.3 Å². The zero-order chi connectivity index (χ0) is 10.2. The first-order valence-electron chi connectivity index (χ1n) is 5.13. The van der Waals surface area contributed by atoms with Crippen molar-refractivity contribution in [3.05, 3.63) is 11.7 Å². The Bertz CT molecular complexity index is 317. The van der Waals surface area contributed by atoms with Crippen LogP contribution in [0.4, 0.5) is 0 Å². The number of aryl methyl sites for hydroxylation is 1. The molecule has 0 aromatic carbocycles. The summed E-state index contributed by atoms with van der Waals surface area (Å²) in [6, 6.07) is 0.523. The molecule has 1 heterocycles. The third-order valence-corrected chi connectivity index (χ3v) is 3.21. The van der Waals surface area contributed by atoms with E-state index in [0.29, 0.717) is 29.7 Å². The van der Waals surface area contributed by atoms with Crippen LogP contribution in [-0.4, -0.2) is 16.2 Å². The molecule has 78 valence electrons. The maximum atomic E-state index is 5.02. The van der Waals surface area contributed by atoms with Crippen LogP contribution in [0.3, 0.4) is 0 Å². The van der Waals surface area contributed by atoms with Crippen LogP contribution in [0.5, 0.6) is 0 Å². The van der Waals surface area contributed by atoms with E-state index in [2.05, 4.69) is 29.3 Å². The number of aromatic nitrogens is 2. The highest BCUT2D eigenvalue weighted by Gasteiger charge is 2.42. The molecule has 1 N–H and O–H groups in total. The van der Waals surface area contributed by atoms with Crippen molar-refractivity contribution in [2.24, 2.45) is 5.41 Å². The molecular formula is C10H17N3O. The highest BCUT2D eigenvalue weighted by molar-refractivity contribution is 4.97. The Labute approximate surface area is 84.1 Å². The molecule has 1 atom stereocenters. The first-order valence-corrected chi connectivity index (χ1v) is 5.13. The molecule has 1 fully saturated rings. The van der Waals surface area contributed by atoms with E-state index in [1.165, 1.54) is 12.8 Å². The maximum absolute atomic E-state index is 5.02. The highest BCUT2D eigenvalue weighted by atomic mass is 16.5. The zero-order valence-electron chi connectivity index (χ0n) is 9.00. The van der Waals surface area contributed by atoms with Crippen molar-refractivity contribution in [1.29, 1.82) is 0 Å². The molecule has 1 unspecified atom stereocenters. The van der Waals surface area contributed by atoms with Gasteiger partial charge in [-0.15, -0.1) is 0 Å². The van der Waals surface area contributed by atoms with E-state index in [0.717, 1.165) is 0 Å². The van der Waals surface area contributed by atoms with E-state index < -0.39 is 0 Å². The second-order valence-corrected chi connectivity index (χ2v) is 4.49. The SMILES string of the molecule is Cc1noc(CNC(C)C2(C)CC2)n1. The van der Waals surface area contributed by atoms with Crippen LogP contribution in [0.2, 0.25) is 0 Å². The average molecular weight is 195 g/mol. The fourth-order valence-corrected chi connectivity index (χ4v) is 1.53. The molecule has 1 aromatic heterocycles. The molecule has 1 aliphatic rings. The lowest BCUT2D eigenvalue weighted by Gasteiger charge is -2.18. The Morgan fingerprint density at radius 2 is 2.29 bits per heavy atom. The van der Waals surface area contributed by atoms with Crippen molar-refractivity contribution in [1.82, 2.24) is 15.5 Å². The van der Waals surface area contributed by atoms with Crippen molar-refractivity contribution in [2.75, 3.05) is 0 Å². The van der Waals surface area contributed by atoms with Gasteiger partial charge in [0.15, 0.2) is 5.82 Å². The van der Waals surface area contributed by atoms with E-state index in [1.54, 1.807) is 0 Å². The van der Waals surface area contributed by atoms with E-state index in [9.17, 15) is 0 Å². The van der Waals surface area contributed by atoms with Crippen molar-refractivity contribution < 1.29 is 4.52 Å². The van der Waals surface area contributed by atoms with Crippen LogP contribution in [0.1, 0.15) is 38.4 Å². The first-order chi connectivity index (χ1) is 6.60. The van der Waals surface area contributed by atoms with E-state index in [4.69, 9.17) is 4.52 Å². The minimum Gasteiger partial charge on any atom is -0.338 e. The lowest BCUT2D eigenvalue weighted by atomic mass is 10.0. The van der Waals surface area contributed by atoms with E-state index >= 15 is 0 Å². The monoisotopic (exact) mass is 195 g/mol. The van der Waals surface area contributed by atoms with Crippen molar-refractivity contribution in [3.8, 4) is 0 Å². The predicted octanol–water partition coefficient (Wildman–Crippen LogP) is 1.66. The fraction of sp³-hybridized carbons (Fsp3) is 0.800. The number of nitrogens with one attached hydrogen (secondary N) is 1. The van der Waals surface area contributed by atoms with Crippen LogP contribution < -0.4 is 5.32 Å². The molecule has 0 saturated heterocycles. The number of hydrogen-bond acceptors (Lipinski definition) is 4. The number of nitrogens with zero attached hydrogens (tertiary/aromatic N) is 2. The molecule has 0 bridgehead atoms. The van der Waals surface area contributed by atoms with Gasteiger partial charge in [0, 0.05) is 6.04 Å². The van der Waals surface area contributed by atoms with Gasteiger partial charge in [0.25, 0.3) is 0 Å². The summed E-state index contributed by atoms with van der Waals surface area (Å²) >= 11 is 0.